The molecular formula is C9H10BrNO4S. The second-order valence-corrected chi connectivity index (χ2v) is 5.32. The Hall–Kier alpha value is -0.920. The number of esters is 1. The summed E-state index contributed by atoms with van der Waals surface area (Å²) in [4.78, 5) is 11.3. The van der Waals surface area contributed by atoms with Crippen molar-refractivity contribution in [3.05, 3.63) is 28.2 Å². The molecule has 0 amide bonds. The monoisotopic (exact) mass is 307 g/mol. The molecule has 16 heavy (non-hydrogen) atoms. The minimum Gasteiger partial charge on any atom is -0.462 e. The number of primary sulfonamides is 1. The molecule has 0 aliphatic heterocycles. The molecule has 0 heterocycles. The summed E-state index contributed by atoms with van der Waals surface area (Å²) in [6.07, 6.45) is 0. The summed E-state index contributed by atoms with van der Waals surface area (Å²) in [6, 6.07) is 3.87. The lowest BCUT2D eigenvalue weighted by atomic mass is 10.2. The van der Waals surface area contributed by atoms with E-state index in [1.54, 1.807) is 6.92 Å². The third-order valence-electron chi connectivity index (χ3n) is 1.76. The molecule has 5 nitrogen and oxygen atoms in total. The van der Waals surface area contributed by atoms with Crippen molar-refractivity contribution < 1.29 is 17.9 Å². The van der Waals surface area contributed by atoms with Gasteiger partial charge in [-0.2, -0.15) is 0 Å². The zero-order chi connectivity index (χ0) is 12.3. The summed E-state index contributed by atoms with van der Waals surface area (Å²) in [5.74, 6) is -0.518. The largest absolute Gasteiger partial charge is 0.462 e. The molecular weight excluding hydrogens is 298 g/mol. The molecule has 1 aromatic carbocycles. The van der Waals surface area contributed by atoms with Gasteiger partial charge in [-0.15, -0.1) is 0 Å². The molecule has 88 valence electrons. The molecule has 0 bridgehead atoms. The molecule has 0 unspecified atom stereocenters. The Morgan fingerprint density at radius 3 is 2.56 bits per heavy atom. The first-order valence-corrected chi connectivity index (χ1v) is 6.69. The smallest absolute Gasteiger partial charge is 0.339 e. The molecule has 0 saturated carbocycles. The fourth-order valence-electron chi connectivity index (χ4n) is 1.05. The number of benzene rings is 1. The van der Waals surface area contributed by atoms with E-state index < -0.39 is 16.0 Å². The first kappa shape index (κ1) is 13.1. The summed E-state index contributed by atoms with van der Waals surface area (Å²) in [5, 5.41) is 4.95. The van der Waals surface area contributed by atoms with E-state index in [1.165, 1.54) is 18.2 Å². The zero-order valence-electron chi connectivity index (χ0n) is 8.44. The standard InChI is InChI=1S/C9H10BrNO4S/c1-2-15-9(12)7-4-3-6(5-8(7)10)16(11,13)14/h3-5H,2H2,1H3,(H2,11,13,14). The quantitative estimate of drug-likeness (QED) is 0.852. The Balaban J connectivity index is 3.15. The molecule has 0 radical (unpaired) electrons. The second-order valence-electron chi connectivity index (χ2n) is 2.91. The minimum atomic E-state index is -3.76. The summed E-state index contributed by atoms with van der Waals surface area (Å²) in [6.45, 7) is 1.94. The fourth-order valence-corrected chi connectivity index (χ4v) is 2.28. The molecule has 7 heteroatoms. The maximum atomic E-state index is 11.4. The Kier molecular flexibility index (Phi) is 4.06. The maximum absolute atomic E-state index is 11.4. The van der Waals surface area contributed by atoms with Crippen LogP contribution in [0.3, 0.4) is 0 Å². The highest BCUT2D eigenvalue weighted by molar-refractivity contribution is 9.10. The number of sulfonamides is 1. The van der Waals surface area contributed by atoms with Crippen LogP contribution in [0.4, 0.5) is 0 Å². The SMILES string of the molecule is CCOC(=O)c1ccc(S(N)(=O)=O)cc1Br. The van der Waals surface area contributed by atoms with E-state index in [1.807, 2.05) is 0 Å². The first-order chi connectivity index (χ1) is 7.36. The van der Waals surface area contributed by atoms with Crippen LogP contribution in [0.15, 0.2) is 27.6 Å². The third kappa shape index (κ3) is 3.03. The third-order valence-corrected chi connectivity index (χ3v) is 3.33. The van der Waals surface area contributed by atoms with E-state index in [2.05, 4.69) is 15.9 Å². The molecule has 0 fully saturated rings. The fraction of sp³-hybridized carbons (Fsp3) is 0.222. The van der Waals surface area contributed by atoms with Gasteiger partial charge in [0.25, 0.3) is 0 Å². The minimum absolute atomic E-state index is 0.0626. The van der Waals surface area contributed by atoms with Crippen molar-refractivity contribution in [3.63, 3.8) is 0 Å². The lowest BCUT2D eigenvalue weighted by Gasteiger charge is -2.05. The number of carbonyl (C=O) groups is 1. The molecule has 1 aromatic rings. The highest BCUT2D eigenvalue weighted by Crippen LogP contribution is 2.21. The van der Waals surface area contributed by atoms with Crippen molar-refractivity contribution in [2.45, 2.75) is 11.8 Å². The van der Waals surface area contributed by atoms with Gasteiger partial charge in [-0.05, 0) is 41.1 Å². The summed E-state index contributed by atoms with van der Waals surface area (Å²) in [5.41, 5.74) is 0.259. The molecule has 0 atom stereocenters. The topological polar surface area (TPSA) is 86.5 Å². The number of carbonyl (C=O) groups excluding carboxylic acids is 1. The highest BCUT2D eigenvalue weighted by Gasteiger charge is 2.15. The van der Waals surface area contributed by atoms with Crippen molar-refractivity contribution in [1.29, 1.82) is 0 Å². The molecule has 0 aliphatic rings. The number of hydrogen-bond acceptors (Lipinski definition) is 4. The molecule has 0 saturated heterocycles. The van der Waals surface area contributed by atoms with Crippen LogP contribution >= 0.6 is 15.9 Å². The van der Waals surface area contributed by atoms with Gasteiger partial charge in [-0.3, -0.25) is 0 Å². The van der Waals surface area contributed by atoms with Crippen molar-refractivity contribution in [1.82, 2.24) is 0 Å². The predicted octanol–water partition coefficient (Wildman–Crippen LogP) is 1.27. The van der Waals surface area contributed by atoms with Crippen LogP contribution < -0.4 is 5.14 Å². The van der Waals surface area contributed by atoms with E-state index in [9.17, 15) is 13.2 Å². The number of hydrogen-bond donors (Lipinski definition) is 1. The van der Waals surface area contributed by atoms with Gasteiger partial charge in [-0.1, -0.05) is 0 Å². The van der Waals surface area contributed by atoms with Crippen LogP contribution in [0.25, 0.3) is 0 Å². The Morgan fingerprint density at radius 2 is 2.12 bits per heavy atom. The van der Waals surface area contributed by atoms with Gasteiger partial charge in [0.1, 0.15) is 0 Å². The Bertz CT molecular complexity index is 512. The summed E-state index contributed by atoms with van der Waals surface area (Å²) in [7, 11) is -3.76. The molecule has 0 aliphatic carbocycles. The van der Waals surface area contributed by atoms with Crippen molar-refractivity contribution in [2.24, 2.45) is 5.14 Å². The van der Waals surface area contributed by atoms with Gasteiger partial charge < -0.3 is 4.74 Å². The molecule has 1 rings (SSSR count). The van der Waals surface area contributed by atoms with Gasteiger partial charge >= 0.3 is 5.97 Å². The van der Waals surface area contributed by atoms with Gasteiger partial charge in [-0.25, -0.2) is 18.4 Å². The van der Waals surface area contributed by atoms with Gasteiger partial charge in [0.2, 0.25) is 10.0 Å². The molecule has 0 spiro atoms. The molecule has 0 aromatic heterocycles. The number of rotatable bonds is 3. The second kappa shape index (κ2) is 4.94. The van der Waals surface area contributed by atoms with Gasteiger partial charge in [0.15, 0.2) is 0 Å². The normalized spacial score (nSPS) is 11.2. The average molecular weight is 308 g/mol. The van der Waals surface area contributed by atoms with E-state index >= 15 is 0 Å². The van der Waals surface area contributed by atoms with E-state index in [4.69, 9.17) is 9.88 Å². The van der Waals surface area contributed by atoms with Crippen LogP contribution in [0.5, 0.6) is 0 Å². The van der Waals surface area contributed by atoms with Crippen molar-refractivity contribution in [3.8, 4) is 0 Å². The van der Waals surface area contributed by atoms with Gasteiger partial charge in [0.05, 0.1) is 17.1 Å². The predicted molar refractivity (Wildman–Crippen MR) is 61.5 cm³/mol. The van der Waals surface area contributed by atoms with E-state index in [0.717, 1.165) is 0 Å². The van der Waals surface area contributed by atoms with E-state index in [-0.39, 0.29) is 17.1 Å². The van der Waals surface area contributed by atoms with E-state index in [0.29, 0.717) is 4.47 Å². The lowest BCUT2D eigenvalue weighted by Crippen LogP contribution is -2.13. The van der Waals surface area contributed by atoms with Crippen LogP contribution in [0.1, 0.15) is 17.3 Å². The maximum Gasteiger partial charge on any atom is 0.339 e. The summed E-state index contributed by atoms with van der Waals surface area (Å²) < 4.78 is 27.2. The lowest BCUT2D eigenvalue weighted by molar-refractivity contribution is 0.0525. The Labute approximate surface area is 102 Å². The van der Waals surface area contributed by atoms with Crippen molar-refractivity contribution in [2.75, 3.05) is 6.61 Å². The summed E-state index contributed by atoms with van der Waals surface area (Å²) >= 11 is 3.09. The average Bonchev–Trinajstić information content (AvgIpc) is 2.16. The van der Waals surface area contributed by atoms with Crippen LogP contribution in [-0.4, -0.2) is 21.0 Å². The first-order valence-electron chi connectivity index (χ1n) is 4.35. The number of halogens is 1. The van der Waals surface area contributed by atoms with Crippen molar-refractivity contribution >= 4 is 31.9 Å². The Morgan fingerprint density at radius 1 is 1.50 bits per heavy atom. The zero-order valence-corrected chi connectivity index (χ0v) is 10.8. The van der Waals surface area contributed by atoms with Crippen LogP contribution in [0.2, 0.25) is 0 Å². The van der Waals surface area contributed by atoms with Crippen LogP contribution in [-0.2, 0) is 14.8 Å². The number of nitrogens with two attached hydrogens (primary N) is 1. The van der Waals surface area contributed by atoms with Gasteiger partial charge in [0, 0.05) is 4.47 Å². The van der Waals surface area contributed by atoms with Crippen LogP contribution in [0, 0.1) is 0 Å². The highest BCUT2D eigenvalue weighted by atomic mass is 79.9. The number of ether oxygens (including phenoxy) is 1. The molecule has 2 N–H and O–H groups in total.